The molecule has 0 spiro atoms. The predicted octanol–water partition coefficient (Wildman–Crippen LogP) is 4.06. The molecule has 0 bridgehead atoms. The number of methoxy groups -OCH3 is 1. The molecule has 1 heterocycles. The summed E-state index contributed by atoms with van der Waals surface area (Å²) >= 11 is 0. The molecule has 2 aromatic carbocycles. The first kappa shape index (κ1) is 18.4. The maximum Gasteiger partial charge on any atom is 0.360 e. The average Bonchev–Trinajstić information content (AvgIpc) is 3.16. The smallest absolute Gasteiger partial charge is 0.360 e. The number of ether oxygens (including phenoxy) is 1. The van der Waals surface area contributed by atoms with E-state index in [1.807, 2.05) is 49.4 Å². The second kappa shape index (κ2) is 8.35. The fourth-order valence-electron chi connectivity index (χ4n) is 2.80. The number of esters is 1. The monoisotopic (exact) mass is 367 g/mol. The Morgan fingerprint density at radius 1 is 1.19 bits per heavy atom. The molecule has 0 aliphatic carbocycles. The van der Waals surface area contributed by atoms with Crippen molar-refractivity contribution in [2.75, 3.05) is 19.0 Å². The lowest BCUT2D eigenvalue weighted by molar-refractivity contribution is 0.0594. The van der Waals surface area contributed by atoms with Crippen LogP contribution in [0.1, 0.15) is 29.7 Å². The summed E-state index contributed by atoms with van der Waals surface area (Å²) in [4.78, 5) is 30.0. The SMILES string of the molecule is CCCN(Cc1nc(C(=O)OC)co1)C(=O)Nc1cccc2ccccc12. The topological polar surface area (TPSA) is 84.7 Å². The van der Waals surface area contributed by atoms with Crippen molar-refractivity contribution in [1.82, 2.24) is 9.88 Å². The third kappa shape index (κ3) is 4.25. The van der Waals surface area contributed by atoms with E-state index >= 15 is 0 Å². The number of nitrogens with zero attached hydrogens (tertiary/aromatic N) is 2. The molecule has 0 unspecified atom stereocenters. The van der Waals surface area contributed by atoms with E-state index in [4.69, 9.17) is 4.42 Å². The molecule has 3 aromatic rings. The Morgan fingerprint density at radius 3 is 2.74 bits per heavy atom. The Balaban J connectivity index is 1.77. The lowest BCUT2D eigenvalue weighted by atomic mass is 10.1. The molecule has 0 aliphatic heterocycles. The van der Waals surface area contributed by atoms with Crippen LogP contribution in [-0.2, 0) is 11.3 Å². The lowest BCUT2D eigenvalue weighted by Gasteiger charge is -2.21. The fourth-order valence-corrected chi connectivity index (χ4v) is 2.80. The van der Waals surface area contributed by atoms with Crippen molar-refractivity contribution >= 4 is 28.5 Å². The van der Waals surface area contributed by atoms with Gasteiger partial charge in [-0.1, -0.05) is 43.3 Å². The third-order valence-corrected chi connectivity index (χ3v) is 4.08. The van der Waals surface area contributed by atoms with Gasteiger partial charge in [0.2, 0.25) is 5.89 Å². The molecule has 7 heteroatoms. The van der Waals surface area contributed by atoms with Crippen molar-refractivity contribution in [2.24, 2.45) is 0 Å². The zero-order valence-corrected chi connectivity index (χ0v) is 15.3. The summed E-state index contributed by atoms with van der Waals surface area (Å²) in [5, 5.41) is 4.97. The number of hydrogen-bond donors (Lipinski definition) is 1. The summed E-state index contributed by atoms with van der Waals surface area (Å²) < 4.78 is 9.92. The summed E-state index contributed by atoms with van der Waals surface area (Å²) in [5.74, 6) is -0.302. The lowest BCUT2D eigenvalue weighted by Crippen LogP contribution is -2.35. The number of hydrogen-bond acceptors (Lipinski definition) is 5. The summed E-state index contributed by atoms with van der Waals surface area (Å²) in [7, 11) is 1.28. The van der Waals surface area contributed by atoms with E-state index in [-0.39, 0.29) is 24.2 Å². The number of rotatable bonds is 6. The Morgan fingerprint density at radius 2 is 1.96 bits per heavy atom. The van der Waals surface area contributed by atoms with Gasteiger partial charge in [-0.2, -0.15) is 0 Å². The molecule has 0 aliphatic rings. The molecule has 0 atom stereocenters. The second-order valence-electron chi connectivity index (χ2n) is 6.00. The number of carbonyl (C=O) groups excluding carboxylic acids is 2. The first-order valence-electron chi connectivity index (χ1n) is 8.68. The second-order valence-corrected chi connectivity index (χ2v) is 6.00. The summed E-state index contributed by atoms with van der Waals surface area (Å²) in [6, 6.07) is 13.4. The maximum atomic E-state index is 12.8. The molecule has 2 amide bonds. The van der Waals surface area contributed by atoms with Crippen molar-refractivity contribution in [3.8, 4) is 0 Å². The van der Waals surface area contributed by atoms with E-state index in [1.54, 1.807) is 4.90 Å². The van der Waals surface area contributed by atoms with Crippen molar-refractivity contribution < 1.29 is 18.7 Å². The molecule has 1 aromatic heterocycles. The van der Waals surface area contributed by atoms with Crippen LogP contribution in [0.4, 0.5) is 10.5 Å². The van der Waals surface area contributed by atoms with Gasteiger partial charge in [0.25, 0.3) is 0 Å². The number of oxazole rings is 1. The van der Waals surface area contributed by atoms with Gasteiger partial charge < -0.3 is 19.4 Å². The number of carbonyl (C=O) groups is 2. The van der Waals surface area contributed by atoms with Crippen LogP contribution < -0.4 is 5.32 Å². The molecule has 0 fully saturated rings. The number of nitrogens with one attached hydrogen (secondary N) is 1. The minimum Gasteiger partial charge on any atom is -0.464 e. The highest BCUT2D eigenvalue weighted by Crippen LogP contribution is 2.23. The summed E-state index contributed by atoms with van der Waals surface area (Å²) in [5.41, 5.74) is 0.820. The number of urea groups is 1. The van der Waals surface area contributed by atoms with Crippen molar-refractivity contribution in [3.05, 3.63) is 60.3 Å². The highest BCUT2D eigenvalue weighted by Gasteiger charge is 2.19. The van der Waals surface area contributed by atoms with Crippen LogP contribution in [-0.4, -0.2) is 35.5 Å². The minimum absolute atomic E-state index is 0.0819. The summed E-state index contributed by atoms with van der Waals surface area (Å²) in [6.45, 7) is 2.65. The molecular formula is C20H21N3O4. The number of fused-ring (bicyclic) bond motifs is 1. The molecule has 27 heavy (non-hydrogen) atoms. The standard InChI is InChI=1S/C20H21N3O4/c1-3-11-23(12-18-21-17(13-27-18)19(24)26-2)20(25)22-16-10-6-8-14-7-4-5-9-15(14)16/h4-10,13H,3,11-12H2,1-2H3,(H,22,25). The Bertz CT molecular complexity index is 946. The predicted molar refractivity (Wildman–Crippen MR) is 102 cm³/mol. The fraction of sp³-hybridized carbons (Fsp3) is 0.250. The van der Waals surface area contributed by atoms with Crippen molar-refractivity contribution in [2.45, 2.75) is 19.9 Å². The van der Waals surface area contributed by atoms with E-state index in [0.29, 0.717) is 6.54 Å². The zero-order valence-electron chi connectivity index (χ0n) is 15.3. The highest BCUT2D eigenvalue weighted by atomic mass is 16.5. The van der Waals surface area contributed by atoms with Gasteiger partial charge in [0.05, 0.1) is 19.3 Å². The zero-order chi connectivity index (χ0) is 19.2. The van der Waals surface area contributed by atoms with Crippen LogP contribution >= 0.6 is 0 Å². The van der Waals surface area contributed by atoms with Crippen LogP contribution in [0.3, 0.4) is 0 Å². The Hall–Kier alpha value is -3.35. The third-order valence-electron chi connectivity index (χ3n) is 4.08. The van der Waals surface area contributed by atoms with E-state index in [1.165, 1.54) is 13.4 Å². The molecule has 3 rings (SSSR count). The first-order chi connectivity index (χ1) is 13.1. The van der Waals surface area contributed by atoms with Gasteiger partial charge >= 0.3 is 12.0 Å². The van der Waals surface area contributed by atoms with Crippen LogP contribution in [0.15, 0.2) is 53.1 Å². The normalized spacial score (nSPS) is 10.6. The van der Waals surface area contributed by atoms with Gasteiger partial charge in [-0.05, 0) is 17.9 Å². The highest BCUT2D eigenvalue weighted by molar-refractivity contribution is 6.01. The van der Waals surface area contributed by atoms with Gasteiger partial charge in [0.1, 0.15) is 6.26 Å². The molecule has 0 saturated carbocycles. The van der Waals surface area contributed by atoms with Crippen LogP contribution in [0, 0.1) is 0 Å². The van der Waals surface area contributed by atoms with Crippen molar-refractivity contribution in [3.63, 3.8) is 0 Å². The molecule has 140 valence electrons. The molecule has 7 nitrogen and oxygen atoms in total. The minimum atomic E-state index is -0.577. The van der Waals surface area contributed by atoms with Gasteiger partial charge in [-0.3, -0.25) is 0 Å². The van der Waals surface area contributed by atoms with Gasteiger partial charge in [-0.15, -0.1) is 0 Å². The Kier molecular flexibility index (Phi) is 5.71. The van der Waals surface area contributed by atoms with Gasteiger partial charge in [-0.25, -0.2) is 14.6 Å². The van der Waals surface area contributed by atoms with E-state index < -0.39 is 5.97 Å². The van der Waals surface area contributed by atoms with E-state index in [0.717, 1.165) is 22.9 Å². The van der Waals surface area contributed by atoms with Gasteiger partial charge in [0, 0.05) is 11.9 Å². The van der Waals surface area contributed by atoms with Gasteiger partial charge in [0.15, 0.2) is 5.69 Å². The summed E-state index contributed by atoms with van der Waals surface area (Å²) in [6.07, 6.45) is 2.00. The Labute approximate surface area is 156 Å². The largest absolute Gasteiger partial charge is 0.464 e. The van der Waals surface area contributed by atoms with Crippen LogP contribution in [0.5, 0.6) is 0 Å². The maximum absolute atomic E-state index is 12.8. The average molecular weight is 367 g/mol. The molecular weight excluding hydrogens is 346 g/mol. The number of benzene rings is 2. The van der Waals surface area contributed by atoms with Crippen LogP contribution in [0.2, 0.25) is 0 Å². The number of amides is 2. The molecule has 1 N–H and O–H groups in total. The molecule has 0 saturated heterocycles. The van der Waals surface area contributed by atoms with E-state index in [9.17, 15) is 9.59 Å². The van der Waals surface area contributed by atoms with E-state index in [2.05, 4.69) is 15.0 Å². The number of aromatic nitrogens is 1. The van der Waals surface area contributed by atoms with Crippen molar-refractivity contribution in [1.29, 1.82) is 0 Å². The molecule has 0 radical (unpaired) electrons. The van der Waals surface area contributed by atoms with Crippen LogP contribution in [0.25, 0.3) is 10.8 Å². The number of anilines is 1. The first-order valence-corrected chi connectivity index (χ1v) is 8.68. The quantitative estimate of drug-likeness (QED) is 0.664.